The Bertz CT molecular complexity index is 1180. The van der Waals surface area contributed by atoms with E-state index >= 15 is 0 Å². The standard InChI is InChI=1S/C23H15ClFN3O2/c24-20-12-18(9-10-21(20)25)28-22(29)16-6-4-5-15(11-16)17-13-26-23(27-14-17)30-19-7-2-1-3-8-19/h1-14H,(H,28,29). The molecule has 148 valence electrons. The van der Waals surface area contributed by atoms with Gasteiger partial charge in [0.15, 0.2) is 0 Å². The van der Waals surface area contributed by atoms with Gasteiger partial charge in [0.1, 0.15) is 11.6 Å². The number of nitrogens with zero attached hydrogens (tertiary/aromatic N) is 2. The van der Waals surface area contributed by atoms with Crippen molar-refractivity contribution in [2.24, 2.45) is 0 Å². The Hall–Kier alpha value is -3.77. The van der Waals surface area contributed by atoms with E-state index in [4.69, 9.17) is 16.3 Å². The molecule has 5 nitrogen and oxygen atoms in total. The molecule has 0 aliphatic rings. The van der Waals surface area contributed by atoms with Crippen LogP contribution in [0.4, 0.5) is 10.1 Å². The van der Waals surface area contributed by atoms with E-state index in [-0.39, 0.29) is 16.9 Å². The summed E-state index contributed by atoms with van der Waals surface area (Å²) in [6.45, 7) is 0. The summed E-state index contributed by atoms with van der Waals surface area (Å²) >= 11 is 5.76. The van der Waals surface area contributed by atoms with Crippen molar-refractivity contribution < 1.29 is 13.9 Å². The van der Waals surface area contributed by atoms with Crippen LogP contribution in [0.5, 0.6) is 11.8 Å². The number of rotatable bonds is 5. The minimum absolute atomic E-state index is 0.0588. The maximum atomic E-state index is 13.3. The van der Waals surface area contributed by atoms with Gasteiger partial charge in [0, 0.05) is 29.2 Å². The van der Waals surface area contributed by atoms with Crippen LogP contribution in [0.15, 0.2) is 85.2 Å². The van der Waals surface area contributed by atoms with Gasteiger partial charge in [0.2, 0.25) is 0 Å². The quantitative estimate of drug-likeness (QED) is 0.432. The number of carbonyl (C=O) groups excluding carboxylic acids is 1. The van der Waals surface area contributed by atoms with Gasteiger partial charge in [-0.3, -0.25) is 4.79 Å². The minimum atomic E-state index is -0.545. The third-order valence-corrected chi connectivity index (χ3v) is 4.51. The van der Waals surface area contributed by atoms with Crippen molar-refractivity contribution in [3.63, 3.8) is 0 Å². The Morgan fingerprint density at radius 1 is 0.900 bits per heavy atom. The smallest absolute Gasteiger partial charge is 0.321 e. The number of hydrogen-bond donors (Lipinski definition) is 1. The van der Waals surface area contributed by atoms with Crippen molar-refractivity contribution in [3.05, 3.63) is 102 Å². The summed E-state index contributed by atoms with van der Waals surface area (Å²) in [7, 11) is 0. The second-order valence-corrected chi connectivity index (χ2v) is 6.74. The summed E-state index contributed by atoms with van der Waals surface area (Å²) < 4.78 is 18.9. The minimum Gasteiger partial charge on any atom is -0.424 e. The molecule has 0 spiro atoms. The third-order valence-electron chi connectivity index (χ3n) is 4.22. The molecular weight excluding hydrogens is 405 g/mol. The number of para-hydroxylation sites is 1. The Morgan fingerprint density at radius 2 is 1.67 bits per heavy atom. The summed E-state index contributed by atoms with van der Waals surface area (Å²) in [6, 6.07) is 20.5. The number of anilines is 1. The highest BCUT2D eigenvalue weighted by molar-refractivity contribution is 6.31. The number of hydrogen-bond acceptors (Lipinski definition) is 4. The van der Waals surface area contributed by atoms with Gasteiger partial charge in [-0.2, -0.15) is 0 Å². The van der Waals surface area contributed by atoms with Crippen LogP contribution in [-0.4, -0.2) is 15.9 Å². The lowest BCUT2D eigenvalue weighted by molar-refractivity contribution is 0.102. The van der Waals surface area contributed by atoms with Crippen LogP contribution in [0.1, 0.15) is 10.4 Å². The molecule has 0 unspecified atom stereocenters. The van der Waals surface area contributed by atoms with E-state index in [1.807, 2.05) is 36.4 Å². The topological polar surface area (TPSA) is 64.1 Å². The molecule has 3 aromatic carbocycles. The van der Waals surface area contributed by atoms with Crippen LogP contribution >= 0.6 is 11.6 Å². The Balaban J connectivity index is 1.49. The van der Waals surface area contributed by atoms with Gasteiger partial charge < -0.3 is 10.1 Å². The molecule has 4 aromatic rings. The molecule has 0 saturated heterocycles. The van der Waals surface area contributed by atoms with E-state index in [2.05, 4.69) is 15.3 Å². The van der Waals surface area contributed by atoms with Gasteiger partial charge in [-0.05, 0) is 48.0 Å². The molecule has 30 heavy (non-hydrogen) atoms. The fourth-order valence-electron chi connectivity index (χ4n) is 2.73. The third kappa shape index (κ3) is 4.61. The molecule has 7 heteroatoms. The second kappa shape index (κ2) is 8.71. The summed E-state index contributed by atoms with van der Waals surface area (Å²) in [4.78, 5) is 21.0. The van der Waals surface area contributed by atoms with Crippen LogP contribution in [0.25, 0.3) is 11.1 Å². The average Bonchev–Trinajstić information content (AvgIpc) is 2.78. The van der Waals surface area contributed by atoms with Gasteiger partial charge in [0.25, 0.3) is 5.91 Å². The lowest BCUT2D eigenvalue weighted by atomic mass is 10.1. The Kier molecular flexibility index (Phi) is 5.68. The van der Waals surface area contributed by atoms with Crippen molar-refractivity contribution in [1.82, 2.24) is 9.97 Å². The zero-order valence-corrected chi connectivity index (χ0v) is 16.3. The van der Waals surface area contributed by atoms with Crippen LogP contribution in [0.2, 0.25) is 5.02 Å². The molecule has 1 aromatic heterocycles. The first-order valence-electron chi connectivity index (χ1n) is 9.00. The zero-order valence-electron chi connectivity index (χ0n) is 15.5. The van der Waals surface area contributed by atoms with Gasteiger partial charge in [-0.1, -0.05) is 41.9 Å². The molecule has 1 heterocycles. The summed E-state index contributed by atoms with van der Waals surface area (Å²) in [6.07, 6.45) is 3.25. The Morgan fingerprint density at radius 3 is 2.40 bits per heavy atom. The molecule has 1 N–H and O–H groups in total. The fraction of sp³-hybridized carbons (Fsp3) is 0. The van der Waals surface area contributed by atoms with Crippen molar-refractivity contribution in [3.8, 4) is 22.9 Å². The molecule has 0 bridgehead atoms. The van der Waals surface area contributed by atoms with Crippen molar-refractivity contribution in [2.75, 3.05) is 5.32 Å². The molecule has 0 aliphatic heterocycles. The molecule has 0 saturated carbocycles. The number of carbonyl (C=O) groups is 1. The summed E-state index contributed by atoms with van der Waals surface area (Å²) in [5.41, 5.74) is 2.33. The SMILES string of the molecule is O=C(Nc1ccc(F)c(Cl)c1)c1cccc(-c2cnc(Oc3ccccc3)nc2)c1. The van der Waals surface area contributed by atoms with Crippen LogP contribution in [0.3, 0.4) is 0 Å². The van der Waals surface area contributed by atoms with Gasteiger partial charge in [0.05, 0.1) is 5.02 Å². The van der Waals surface area contributed by atoms with E-state index in [9.17, 15) is 9.18 Å². The number of amides is 1. The van der Waals surface area contributed by atoms with E-state index in [1.165, 1.54) is 18.2 Å². The van der Waals surface area contributed by atoms with Crippen molar-refractivity contribution in [2.45, 2.75) is 0 Å². The highest BCUT2D eigenvalue weighted by atomic mass is 35.5. The van der Waals surface area contributed by atoms with Gasteiger partial charge in [-0.25, -0.2) is 14.4 Å². The maximum absolute atomic E-state index is 13.3. The molecule has 1 amide bonds. The number of aromatic nitrogens is 2. The first kappa shape index (κ1) is 19.5. The van der Waals surface area contributed by atoms with Gasteiger partial charge in [-0.15, -0.1) is 0 Å². The van der Waals surface area contributed by atoms with Crippen LogP contribution in [-0.2, 0) is 0 Å². The lowest BCUT2D eigenvalue weighted by Gasteiger charge is -2.08. The average molecular weight is 420 g/mol. The monoisotopic (exact) mass is 419 g/mol. The predicted molar refractivity (Wildman–Crippen MR) is 113 cm³/mol. The van der Waals surface area contributed by atoms with Crippen LogP contribution in [0, 0.1) is 5.82 Å². The highest BCUT2D eigenvalue weighted by Gasteiger charge is 2.10. The first-order valence-corrected chi connectivity index (χ1v) is 9.38. The number of ether oxygens (including phenoxy) is 1. The van der Waals surface area contributed by atoms with E-state index in [0.717, 1.165) is 11.1 Å². The second-order valence-electron chi connectivity index (χ2n) is 6.33. The number of benzene rings is 3. The van der Waals surface area contributed by atoms with Crippen molar-refractivity contribution >= 4 is 23.2 Å². The number of halogens is 2. The Labute approximate surface area is 177 Å². The molecule has 0 aliphatic carbocycles. The molecule has 0 atom stereocenters. The summed E-state index contributed by atoms with van der Waals surface area (Å²) in [5.74, 6) is -0.245. The molecular formula is C23H15ClFN3O2. The maximum Gasteiger partial charge on any atom is 0.321 e. The van der Waals surface area contributed by atoms with E-state index in [1.54, 1.807) is 30.6 Å². The predicted octanol–water partition coefficient (Wildman–Crippen LogP) is 5.98. The summed E-state index contributed by atoms with van der Waals surface area (Å²) in [5, 5.41) is 2.64. The van der Waals surface area contributed by atoms with Crippen LogP contribution < -0.4 is 10.1 Å². The highest BCUT2D eigenvalue weighted by Crippen LogP contribution is 2.23. The van der Waals surface area contributed by atoms with E-state index < -0.39 is 5.82 Å². The normalized spacial score (nSPS) is 10.5. The van der Waals surface area contributed by atoms with Crippen molar-refractivity contribution in [1.29, 1.82) is 0 Å². The number of nitrogens with one attached hydrogen (secondary N) is 1. The van der Waals surface area contributed by atoms with Gasteiger partial charge >= 0.3 is 6.01 Å². The van der Waals surface area contributed by atoms with E-state index in [0.29, 0.717) is 17.0 Å². The molecule has 4 rings (SSSR count). The largest absolute Gasteiger partial charge is 0.424 e. The lowest BCUT2D eigenvalue weighted by Crippen LogP contribution is -2.12. The molecule has 0 fully saturated rings. The fourth-order valence-corrected chi connectivity index (χ4v) is 2.91. The molecule has 0 radical (unpaired) electrons. The first-order chi connectivity index (χ1) is 14.6. The zero-order chi connectivity index (χ0) is 20.9.